The average Bonchev–Trinajstić information content (AvgIpc) is 2.87. The van der Waals surface area contributed by atoms with Crippen molar-refractivity contribution < 1.29 is 19.0 Å². The van der Waals surface area contributed by atoms with Gasteiger partial charge in [-0.3, -0.25) is 0 Å². The third kappa shape index (κ3) is 4.92. The van der Waals surface area contributed by atoms with Crippen molar-refractivity contribution in [1.82, 2.24) is 0 Å². The first-order valence-electron chi connectivity index (χ1n) is 10.4. The van der Waals surface area contributed by atoms with Crippen LogP contribution in [-0.2, 0) is 4.79 Å². The first-order chi connectivity index (χ1) is 16.5. The van der Waals surface area contributed by atoms with Crippen LogP contribution in [0.4, 0.5) is 0 Å². The van der Waals surface area contributed by atoms with E-state index in [0.29, 0.717) is 17.1 Å². The Morgan fingerprint density at radius 1 is 1.09 bits per heavy atom. The molecule has 0 saturated heterocycles. The highest BCUT2D eigenvalue weighted by molar-refractivity contribution is 7.98. The van der Waals surface area contributed by atoms with E-state index in [1.54, 1.807) is 43.1 Å². The maximum absolute atomic E-state index is 12.3. The van der Waals surface area contributed by atoms with E-state index in [0.717, 1.165) is 27.3 Å². The van der Waals surface area contributed by atoms with Crippen LogP contribution in [0.2, 0.25) is 0 Å². The molecule has 0 spiro atoms. The van der Waals surface area contributed by atoms with Crippen molar-refractivity contribution in [3.63, 3.8) is 0 Å². The fraction of sp³-hybridized carbons (Fsp3) is 0.111. The van der Waals surface area contributed by atoms with Gasteiger partial charge in [-0.2, -0.15) is 5.26 Å². The van der Waals surface area contributed by atoms with E-state index in [-0.39, 0.29) is 11.8 Å². The number of methoxy groups -OCH3 is 1. The van der Waals surface area contributed by atoms with Gasteiger partial charge >= 0.3 is 5.97 Å². The van der Waals surface area contributed by atoms with Crippen LogP contribution in [0, 0.1) is 11.3 Å². The number of benzene rings is 3. The molecule has 0 aromatic heterocycles. The Balaban J connectivity index is 1.56. The van der Waals surface area contributed by atoms with Crippen molar-refractivity contribution in [3.05, 3.63) is 101 Å². The number of hydrogen-bond acceptors (Lipinski definition) is 7. The molecule has 0 fully saturated rings. The molecule has 6 nitrogen and oxygen atoms in total. The van der Waals surface area contributed by atoms with Gasteiger partial charge in [0.15, 0.2) is 0 Å². The zero-order valence-electron chi connectivity index (χ0n) is 18.6. The molecule has 3 aromatic rings. The largest absolute Gasteiger partial charge is 0.497 e. The van der Waals surface area contributed by atoms with E-state index in [9.17, 15) is 10.1 Å². The zero-order chi connectivity index (χ0) is 24.1. The van der Waals surface area contributed by atoms with E-state index < -0.39 is 5.97 Å². The van der Waals surface area contributed by atoms with Crippen molar-refractivity contribution >= 4 is 23.8 Å². The highest BCUT2D eigenvalue weighted by atomic mass is 32.2. The van der Waals surface area contributed by atoms with Gasteiger partial charge in [0.25, 0.3) is 0 Å². The monoisotopic (exact) mass is 470 g/mol. The minimum Gasteiger partial charge on any atom is -0.497 e. The highest BCUT2D eigenvalue weighted by Gasteiger charge is 2.31. The molecular weight excluding hydrogens is 448 g/mol. The molecule has 1 aliphatic rings. The maximum Gasteiger partial charge on any atom is 0.336 e. The summed E-state index contributed by atoms with van der Waals surface area (Å²) in [4.78, 5) is 13.5. The second-order valence-electron chi connectivity index (χ2n) is 7.43. The number of thioether (sulfide) groups is 1. The fourth-order valence-electron chi connectivity index (χ4n) is 3.67. The Kier molecular flexibility index (Phi) is 6.90. The molecule has 4 rings (SSSR count). The number of allylic oxidation sites excluding steroid dienone is 1. The molecule has 2 N–H and O–H groups in total. The molecule has 0 radical (unpaired) electrons. The summed E-state index contributed by atoms with van der Waals surface area (Å²) >= 11 is 1.64. The number of esters is 1. The molecule has 0 amide bonds. The lowest BCUT2D eigenvalue weighted by Crippen LogP contribution is -2.21. The summed E-state index contributed by atoms with van der Waals surface area (Å²) in [5, 5.41) is 9.72. The molecular formula is C27H22N2O4S. The van der Waals surface area contributed by atoms with Gasteiger partial charge in [-0.15, -0.1) is 11.8 Å². The van der Waals surface area contributed by atoms with Crippen LogP contribution in [0.15, 0.2) is 89.2 Å². The lowest BCUT2D eigenvalue weighted by Gasteiger charge is -2.26. The Morgan fingerprint density at radius 2 is 1.79 bits per heavy atom. The lowest BCUT2D eigenvalue weighted by atomic mass is 9.83. The topological polar surface area (TPSA) is 94.6 Å². The van der Waals surface area contributed by atoms with Gasteiger partial charge in [0.05, 0.1) is 13.0 Å². The molecule has 0 aliphatic carbocycles. The summed E-state index contributed by atoms with van der Waals surface area (Å²) in [6.07, 6.45) is 5.01. The van der Waals surface area contributed by atoms with Crippen molar-refractivity contribution in [1.29, 1.82) is 5.26 Å². The van der Waals surface area contributed by atoms with Crippen LogP contribution in [0.5, 0.6) is 17.2 Å². The fourth-order valence-corrected chi connectivity index (χ4v) is 4.08. The van der Waals surface area contributed by atoms with E-state index in [4.69, 9.17) is 19.9 Å². The van der Waals surface area contributed by atoms with Crippen LogP contribution in [0.3, 0.4) is 0 Å². The average molecular weight is 471 g/mol. The van der Waals surface area contributed by atoms with Crippen molar-refractivity contribution in [3.8, 4) is 23.3 Å². The van der Waals surface area contributed by atoms with Gasteiger partial charge < -0.3 is 19.9 Å². The number of nitrogens with two attached hydrogens (primary N) is 1. The van der Waals surface area contributed by atoms with Crippen LogP contribution in [0.25, 0.3) is 6.08 Å². The number of hydrogen-bond donors (Lipinski definition) is 1. The third-order valence-corrected chi connectivity index (χ3v) is 6.13. The molecule has 1 atom stereocenters. The summed E-state index contributed by atoms with van der Waals surface area (Å²) in [5.41, 5.74) is 8.96. The molecule has 1 heterocycles. The lowest BCUT2D eigenvalue weighted by molar-refractivity contribution is -0.128. The quantitative estimate of drug-likeness (QED) is 0.227. The smallest absolute Gasteiger partial charge is 0.336 e. The molecule has 7 heteroatoms. The van der Waals surface area contributed by atoms with Crippen LogP contribution in [0.1, 0.15) is 22.6 Å². The predicted octanol–water partition coefficient (Wildman–Crippen LogP) is 5.25. The van der Waals surface area contributed by atoms with Crippen LogP contribution < -0.4 is 19.9 Å². The molecule has 170 valence electrons. The van der Waals surface area contributed by atoms with Crippen molar-refractivity contribution in [2.75, 3.05) is 13.4 Å². The van der Waals surface area contributed by atoms with Gasteiger partial charge in [-0.1, -0.05) is 30.3 Å². The summed E-state index contributed by atoms with van der Waals surface area (Å²) in [5.74, 6) is 0.631. The first-order valence-corrected chi connectivity index (χ1v) is 11.6. The number of nitrogens with zero attached hydrogens (tertiary/aromatic N) is 1. The third-order valence-electron chi connectivity index (χ3n) is 5.39. The Hall–Kier alpha value is -4.15. The summed E-state index contributed by atoms with van der Waals surface area (Å²) in [7, 11) is 1.60. The van der Waals surface area contributed by atoms with Crippen molar-refractivity contribution in [2.45, 2.75) is 10.8 Å². The zero-order valence-corrected chi connectivity index (χ0v) is 19.5. The van der Waals surface area contributed by atoms with E-state index in [2.05, 4.69) is 6.07 Å². The number of carbonyl (C=O) groups excluding carboxylic acids is 1. The molecule has 34 heavy (non-hydrogen) atoms. The van der Waals surface area contributed by atoms with E-state index in [1.165, 1.54) is 6.08 Å². The van der Waals surface area contributed by atoms with E-state index in [1.807, 2.05) is 54.8 Å². The van der Waals surface area contributed by atoms with Gasteiger partial charge in [0, 0.05) is 22.6 Å². The molecule has 3 aromatic carbocycles. The molecule has 0 bridgehead atoms. The number of nitriles is 1. The van der Waals surface area contributed by atoms with Gasteiger partial charge in [-0.25, -0.2) is 4.79 Å². The van der Waals surface area contributed by atoms with E-state index >= 15 is 0 Å². The molecule has 0 saturated carbocycles. The standard InChI is InChI=1S/C27H22N2O4S/c1-31-19-8-3-17(4-9-19)5-14-25(30)32-20-10-13-22-24(15-20)33-27(29)23(16-28)26(22)18-6-11-21(34-2)12-7-18/h3-15,26H,29H2,1-2H3/b14-5+. The second-order valence-corrected chi connectivity index (χ2v) is 8.30. The number of ether oxygens (including phenoxy) is 3. The first kappa shape index (κ1) is 23.0. The number of fused-ring (bicyclic) bond motifs is 1. The summed E-state index contributed by atoms with van der Waals surface area (Å²) in [6, 6.07) is 22.5. The molecule has 1 unspecified atom stereocenters. The predicted molar refractivity (Wildman–Crippen MR) is 132 cm³/mol. The maximum atomic E-state index is 12.3. The summed E-state index contributed by atoms with van der Waals surface area (Å²) in [6.45, 7) is 0. The molecule has 1 aliphatic heterocycles. The van der Waals surface area contributed by atoms with Crippen LogP contribution >= 0.6 is 11.8 Å². The Bertz CT molecular complexity index is 1310. The SMILES string of the molecule is COc1ccc(/C=C/C(=O)Oc2ccc3c(c2)OC(N)=C(C#N)C3c2ccc(SC)cc2)cc1. The van der Waals surface area contributed by atoms with Crippen molar-refractivity contribution in [2.24, 2.45) is 5.73 Å². The van der Waals surface area contributed by atoms with Crippen LogP contribution in [-0.4, -0.2) is 19.3 Å². The number of rotatable bonds is 6. The summed E-state index contributed by atoms with van der Waals surface area (Å²) < 4.78 is 16.3. The normalized spacial score (nSPS) is 14.8. The van der Waals surface area contributed by atoms with Gasteiger partial charge in [-0.05, 0) is 53.8 Å². The minimum absolute atomic E-state index is 0.0387. The number of carbonyl (C=O) groups is 1. The minimum atomic E-state index is -0.531. The highest BCUT2D eigenvalue weighted by Crippen LogP contribution is 2.43. The Labute approximate surface area is 202 Å². The van der Waals surface area contributed by atoms with Gasteiger partial charge in [0.1, 0.15) is 28.9 Å². The van der Waals surface area contributed by atoms with Gasteiger partial charge in [0.2, 0.25) is 5.88 Å². The Morgan fingerprint density at radius 3 is 2.44 bits per heavy atom. The second kappa shape index (κ2) is 10.2.